The molecular weight excluding hydrogens is 310 g/mol. The van der Waals surface area contributed by atoms with Crippen molar-refractivity contribution in [3.63, 3.8) is 0 Å². The van der Waals surface area contributed by atoms with Gasteiger partial charge in [-0.2, -0.15) is 5.10 Å². The predicted molar refractivity (Wildman–Crippen MR) is 91.3 cm³/mol. The number of aromatic nitrogens is 2. The van der Waals surface area contributed by atoms with Gasteiger partial charge in [-0.3, -0.25) is 9.89 Å². The fraction of sp³-hybridized carbons (Fsp3) is 0.111. The lowest BCUT2D eigenvalue weighted by atomic mass is 10.1. The van der Waals surface area contributed by atoms with Gasteiger partial charge in [-0.05, 0) is 23.8 Å². The van der Waals surface area contributed by atoms with E-state index >= 15 is 0 Å². The van der Waals surface area contributed by atoms with Gasteiger partial charge in [0, 0.05) is 24.2 Å². The third kappa shape index (κ3) is 3.60. The Bertz CT molecular complexity index is 797. The molecule has 0 fully saturated rings. The zero-order chi connectivity index (χ0) is 16.2. The van der Waals surface area contributed by atoms with Gasteiger partial charge in [-0.15, -0.1) is 0 Å². The van der Waals surface area contributed by atoms with Crippen molar-refractivity contribution in [2.45, 2.75) is 6.54 Å². The molecule has 1 N–H and O–H groups in total. The Kier molecular flexibility index (Phi) is 4.44. The molecule has 1 amide bonds. The van der Waals surface area contributed by atoms with Gasteiger partial charge in [0.05, 0.1) is 5.69 Å². The average molecular weight is 326 g/mol. The maximum Gasteiger partial charge on any atom is 0.271 e. The smallest absolute Gasteiger partial charge is 0.271 e. The topological polar surface area (TPSA) is 49.0 Å². The first-order valence-corrected chi connectivity index (χ1v) is 7.62. The minimum atomic E-state index is -0.0958. The quantitative estimate of drug-likeness (QED) is 0.788. The standard InChI is InChI=1S/C18H16ClN3O/c1-22(12-13-5-3-2-4-6-13)18(23)17-11-16(20-21-17)14-7-9-15(19)10-8-14/h2-11H,12H2,1H3,(H,20,21). The van der Waals surface area contributed by atoms with Crippen LogP contribution in [0.3, 0.4) is 0 Å². The number of hydrogen-bond donors (Lipinski definition) is 1. The van der Waals surface area contributed by atoms with Gasteiger partial charge >= 0.3 is 0 Å². The van der Waals surface area contributed by atoms with E-state index in [2.05, 4.69) is 10.2 Å². The molecule has 4 nitrogen and oxygen atoms in total. The van der Waals surface area contributed by atoms with E-state index in [-0.39, 0.29) is 5.91 Å². The molecule has 3 rings (SSSR count). The van der Waals surface area contributed by atoms with E-state index in [4.69, 9.17) is 11.6 Å². The fourth-order valence-electron chi connectivity index (χ4n) is 2.33. The van der Waals surface area contributed by atoms with Gasteiger partial charge in [-0.25, -0.2) is 0 Å². The van der Waals surface area contributed by atoms with E-state index in [9.17, 15) is 4.79 Å². The minimum Gasteiger partial charge on any atom is -0.336 e. The highest BCUT2D eigenvalue weighted by Crippen LogP contribution is 2.20. The summed E-state index contributed by atoms with van der Waals surface area (Å²) in [6.45, 7) is 0.551. The van der Waals surface area contributed by atoms with Crippen molar-refractivity contribution in [3.8, 4) is 11.3 Å². The highest BCUT2D eigenvalue weighted by Gasteiger charge is 2.15. The van der Waals surface area contributed by atoms with Crippen LogP contribution in [0.2, 0.25) is 5.02 Å². The summed E-state index contributed by atoms with van der Waals surface area (Å²) in [7, 11) is 1.78. The Labute approximate surface area is 139 Å². The number of carbonyl (C=O) groups excluding carboxylic acids is 1. The van der Waals surface area contributed by atoms with E-state index in [1.54, 1.807) is 30.1 Å². The Hall–Kier alpha value is -2.59. The van der Waals surface area contributed by atoms with Gasteiger partial charge < -0.3 is 4.90 Å². The molecule has 0 atom stereocenters. The molecule has 23 heavy (non-hydrogen) atoms. The van der Waals surface area contributed by atoms with Crippen LogP contribution >= 0.6 is 11.6 Å². The highest BCUT2D eigenvalue weighted by molar-refractivity contribution is 6.30. The molecule has 0 radical (unpaired) electrons. The molecule has 3 aromatic rings. The summed E-state index contributed by atoms with van der Waals surface area (Å²) < 4.78 is 0. The summed E-state index contributed by atoms with van der Waals surface area (Å²) in [6.07, 6.45) is 0. The molecule has 116 valence electrons. The number of halogens is 1. The summed E-state index contributed by atoms with van der Waals surface area (Å²) in [4.78, 5) is 14.1. The molecule has 2 aromatic carbocycles. The summed E-state index contributed by atoms with van der Waals surface area (Å²) in [5, 5.41) is 7.69. The Morgan fingerprint density at radius 1 is 1.13 bits per heavy atom. The Balaban J connectivity index is 1.74. The van der Waals surface area contributed by atoms with Crippen molar-refractivity contribution in [1.82, 2.24) is 15.1 Å². The van der Waals surface area contributed by atoms with Crippen molar-refractivity contribution in [2.24, 2.45) is 0 Å². The largest absolute Gasteiger partial charge is 0.336 e. The molecule has 0 aliphatic rings. The molecule has 0 bridgehead atoms. The first-order valence-electron chi connectivity index (χ1n) is 7.24. The molecule has 1 aromatic heterocycles. The molecule has 0 saturated carbocycles. The minimum absolute atomic E-state index is 0.0958. The summed E-state index contributed by atoms with van der Waals surface area (Å²) in [5.41, 5.74) is 3.18. The summed E-state index contributed by atoms with van der Waals surface area (Å²) >= 11 is 5.88. The zero-order valence-corrected chi connectivity index (χ0v) is 13.4. The number of carbonyl (C=O) groups is 1. The second-order valence-corrected chi connectivity index (χ2v) is 5.76. The van der Waals surface area contributed by atoms with Crippen molar-refractivity contribution in [2.75, 3.05) is 7.05 Å². The van der Waals surface area contributed by atoms with Gasteiger partial charge in [0.15, 0.2) is 0 Å². The van der Waals surface area contributed by atoms with Crippen LogP contribution < -0.4 is 0 Å². The van der Waals surface area contributed by atoms with E-state index in [1.165, 1.54) is 0 Å². The number of benzene rings is 2. The van der Waals surface area contributed by atoms with Crippen LogP contribution in [0.25, 0.3) is 11.3 Å². The lowest BCUT2D eigenvalue weighted by Crippen LogP contribution is -2.26. The molecule has 0 spiro atoms. The Morgan fingerprint density at radius 2 is 1.83 bits per heavy atom. The van der Waals surface area contributed by atoms with Crippen LogP contribution in [0.5, 0.6) is 0 Å². The van der Waals surface area contributed by atoms with Gasteiger partial charge in [-0.1, -0.05) is 54.1 Å². The lowest BCUT2D eigenvalue weighted by Gasteiger charge is -2.16. The fourth-order valence-corrected chi connectivity index (χ4v) is 2.46. The molecule has 0 aliphatic carbocycles. The lowest BCUT2D eigenvalue weighted by molar-refractivity contribution is 0.0779. The average Bonchev–Trinajstić information content (AvgIpc) is 3.05. The first kappa shape index (κ1) is 15.3. The van der Waals surface area contributed by atoms with Crippen LogP contribution in [-0.4, -0.2) is 28.1 Å². The zero-order valence-electron chi connectivity index (χ0n) is 12.7. The highest BCUT2D eigenvalue weighted by atomic mass is 35.5. The number of nitrogens with one attached hydrogen (secondary N) is 1. The molecule has 0 saturated heterocycles. The van der Waals surface area contributed by atoms with Crippen molar-refractivity contribution < 1.29 is 4.79 Å². The van der Waals surface area contributed by atoms with Crippen LogP contribution in [0, 0.1) is 0 Å². The number of hydrogen-bond acceptors (Lipinski definition) is 2. The van der Waals surface area contributed by atoms with Crippen LogP contribution in [0.1, 0.15) is 16.1 Å². The summed E-state index contributed by atoms with van der Waals surface area (Å²) in [6, 6.07) is 19.0. The SMILES string of the molecule is CN(Cc1ccccc1)C(=O)c1cc(-c2ccc(Cl)cc2)n[nH]1. The van der Waals surface area contributed by atoms with Crippen molar-refractivity contribution >= 4 is 17.5 Å². The second-order valence-electron chi connectivity index (χ2n) is 5.32. The summed E-state index contributed by atoms with van der Waals surface area (Å²) in [5.74, 6) is -0.0958. The van der Waals surface area contributed by atoms with E-state index in [1.807, 2.05) is 42.5 Å². The van der Waals surface area contributed by atoms with E-state index in [0.29, 0.717) is 17.3 Å². The molecule has 0 aliphatic heterocycles. The predicted octanol–water partition coefficient (Wildman–Crippen LogP) is 4.00. The van der Waals surface area contributed by atoms with Gasteiger partial charge in [0.2, 0.25) is 0 Å². The van der Waals surface area contributed by atoms with Crippen LogP contribution in [0.15, 0.2) is 60.7 Å². The van der Waals surface area contributed by atoms with E-state index in [0.717, 1.165) is 16.8 Å². The van der Waals surface area contributed by atoms with Gasteiger partial charge in [0.1, 0.15) is 5.69 Å². The number of amides is 1. The normalized spacial score (nSPS) is 10.5. The van der Waals surface area contributed by atoms with Crippen molar-refractivity contribution in [3.05, 3.63) is 76.9 Å². The third-order valence-electron chi connectivity index (χ3n) is 3.56. The molecule has 1 heterocycles. The Morgan fingerprint density at radius 3 is 2.52 bits per heavy atom. The molecule has 5 heteroatoms. The molecular formula is C18H16ClN3O. The van der Waals surface area contributed by atoms with Crippen LogP contribution in [0.4, 0.5) is 0 Å². The second kappa shape index (κ2) is 6.67. The monoisotopic (exact) mass is 325 g/mol. The number of rotatable bonds is 4. The number of aromatic amines is 1. The maximum atomic E-state index is 12.5. The molecule has 0 unspecified atom stereocenters. The third-order valence-corrected chi connectivity index (χ3v) is 3.81. The van der Waals surface area contributed by atoms with Crippen molar-refractivity contribution in [1.29, 1.82) is 0 Å². The van der Waals surface area contributed by atoms with Crippen LogP contribution in [-0.2, 0) is 6.54 Å². The number of H-pyrrole nitrogens is 1. The van der Waals surface area contributed by atoms with E-state index < -0.39 is 0 Å². The maximum absolute atomic E-state index is 12.5. The van der Waals surface area contributed by atoms with Gasteiger partial charge in [0.25, 0.3) is 5.91 Å². The number of nitrogens with zero attached hydrogens (tertiary/aromatic N) is 2. The first-order chi connectivity index (χ1) is 11.1.